The second-order valence-electron chi connectivity index (χ2n) is 4.36. The molecule has 5 nitrogen and oxygen atoms in total. The number of aromatic nitrogens is 2. The van der Waals surface area contributed by atoms with E-state index in [1.165, 1.54) is 0 Å². The molecule has 94 valence electrons. The second kappa shape index (κ2) is 6.01. The number of amides is 1. The Hall–Kier alpha value is -2.09. The molecule has 1 aliphatic rings. The van der Waals surface area contributed by atoms with E-state index >= 15 is 0 Å². The lowest BCUT2D eigenvalue weighted by atomic mass is 9.98. The molecular formula is C13H16N4O. The van der Waals surface area contributed by atoms with Crippen LogP contribution in [0.5, 0.6) is 0 Å². The Morgan fingerprint density at radius 1 is 1.56 bits per heavy atom. The van der Waals surface area contributed by atoms with Gasteiger partial charge in [-0.05, 0) is 30.7 Å². The zero-order valence-corrected chi connectivity index (χ0v) is 10.2. The molecule has 0 radical (unpaired) electrons. The predicted octanol–water partition coefficient (Wildman–Crippen LogP) is 0.442. The van der Waals surface area contributed by atoms with E-state index in [1.807, 2.05) is 0 Å². The Balaban J connectivity index is 1.89. The van der Waals surface area contributed by atoms with Gasteiger partial charge in [-0.25, -0.2) is 9.97 Å². The summed E-state index contributed by atoms with van der Waals surface area (Å²) >= 11 is 0. The fraction of sp³-hybridized carbons (Fsp3) is 0.462. The lowest BCUT2D eigenvalue weighted by molar-refractivity contribution is -0.115. The Morgan fingerprint density at radius 3 is 3.06 bits per heavy atom. The standard InChI is InChI=1S/C13H16N4O/c1-2-12(18)16-9-11-5-3-8-17(10-11)13-14-6-4-7-15-13/h1,4,6-7,11H,3,5,8-10H2,(H,16,18). The highest BCUT2D eigenvalue weighted by atomic mass is 16.1. The minimum absolute atomic E-state index is 0.344. The molecule has 0 spiro atoms. The number of terminal acetylenes is 1. The number of anilines is 1. The number of hydrogen-bond donors (Lipinski definition) is 1. The molecule has 1 saturated heterocycles. The molecule has 2 heterocycles. The fourth-order valence-corrected chi connectivity index (χ4v) is 2.16. The summed E-state index contributed by atoms with van der Waals surface area (Å²) in [5.41, 5.74) is 0. The fourth-order valence-electron chi connectivity index (χ4n) is 2.16. The third-order valence-electron chi connectivity index (χ3n) is 3.04. The van der Waals surface area contributed by atoms with Gasteiger partial charge in [-0.2, -0.15) is 0 Å². The van der Waals surface area contributed by atoms with Gasteiger partial charge in [-0.3, -0.25) is 4.79 Å². The van der Waals surface area contributed by atoms with E-state index in [2.05, 4.69) is 26.1 Å². The first-order valence-corrected chi connectivity index (χ1v) is 6.06. The first-order valence-electron chi connectivity index (χ1n) is 6.06. The third kappa shape index (κ3) is 3.20. The summed E-state index contributed by atoms with van der Waals surface area (Å²) in [5.74, 6) is 2.87. The van der Waals surface area contributed by atoms with Gasteiger partial charge in [-0.1, -0.05) is 0 Å². The van der Waals surface area contributed by atoms with E-state index in [1.54, 1.807) is 18.5 Å². The van der Waals surface area contributed by atoms with Crippen LogP contribution in [0.15, 0.2) is 18.5 Å². The quantitative estimate of drug-likeness (QED) is 0.784. The molecule has 1 fully saturated rings. The van der Waals surface area contributed by atoms with Gasteiger partial charge in [0.1, 0.15) is 0 Å². The molecule has 5 heteroatoms. The van der Waals surface area contributed by atoms with E-state index in [0.717, 1.165) is 31.9 Å². The molecule has 0 bridgehead atoms. The van der Waals surface area contributed by atoms with Crippen LogP contribution in [0.1, 0.15) is 12.8 Å². The van der Waals surface area contributed by atoms with E-state index in [0.29, 0.717) is 12.5 Å². The molecule has 1 aromatic heterocycles. The second-order valence-corrected chi connectivity index (χ2v) is 4.36. The maximum Gasteiger partial charge on any atom is 0.295 e. The molecule has 1 unspecified atom stereocenters. The molecule has 1 amide bonds. The molecule has 18 heavy (non-hydrogen) atoms. The van der Waals surface area contributed by atoms with Crippen LogP contribution < -0.4 is 10.2 Å². The molecule has 0 aromatic carbocycles. The summed E-state index contributed by atoms with van der Waals surface area (Å²) in [5, 5.41) is 2.73. The van der Waals surface area contributed by atoms with Gasteiger partial charge in [0.25, 0.3) is 5.91 Å². The lowest BCUT2D eigenvalue weighted by Crippen LogP contribution is -2.41. The van der Waals surface area contributed by atoms with Gasteiger partial charge >= 0.3 is 0 Å². The Morgan fingerprint density at radius 2 is 2.33 bits per heavy atom. The highest BCUT2D eigenvalue weighted by Crippen LogP contribution is 2.19. The van der Waals surface area contributed by atoms with Gasteiger partial charge in [-0.15, -0.1) is 6.42 Å². The van der Waals surface area contributed by atoms with Crippen molar-refractivity contribution in [3.8, 4) is 12.3 Å². The van der Waals surface area contributed by atoms with Crippen molar-refractivity contribution < 1.29 is 4.79 Å². The zero-order valence-electron chi connectivity index (χ0n) is 10.2. The van der Waals surface area contributed by atoms with Crippen LogP contribution in [0.4, 0.5) is 5.95 Å². The first-order chi connectivity index (χ1) is 8.79. The molecule has 0 saturated carbocycles. The van der Waals surface area contributed by atoms with E-state index < -0.39 is 0 Å². The number of nitrogens with one attached hydrogen (secondary N) is 1. The topological polar surface area (TPSA) is 58.1 Å². The van der Waals surface area contributed by atoms with Gasteiger partial charge in [0.15, 0.2) is 0 Å². The van der Waals surface area contributed by atoms with Gasteiger partial charge < -0.3 is 10.2 Å². The third-order valence-corrected chi connectivity index (χ3v) is 3.04. The van der Waals surface area contributed by atoms with Crippen LogP contribution in [0.3, 0.4) is 0 Å². The smallest absolute Gasteiger partial charge is 0.295 e. The van der Waals surface area contributed by atoms with Crippen LogP contribution in [0.25, 0.3) is 0 Å². The average Bonchev–Trinajstić information content (AvgIpc) is 2.46. The maximum absolute atomic E-state index is 11.0. The van der Waals surface area contributed by atoms with Crippen molar-refractivity contribution in [2.24, 2.45) is 5.92 Å². The van der Waals surface area contributed by atoms with Crippen LogP contribution in [-0.2, 0) is 4.79 Å². The van der Waals surface area contributed by atoms with Crippen LogP contribution in [0.2, 0.25) is 0 Å². The van der Waals surface area contributed by atoms with Crippen molar-refractivity contribution >= 4 is 11.9 Å². The van der Waals surface area contributed by atoms with Crippen molar-refractivity contribution in [2.75, 3.05) is 24.5 Å². The van der Waals surface area contributed by atoms with Crippen LogP contribution in [0, 0.1) is 18.3 Å². The van der Waals surface area contributed by atoms with Crippen molar-refractivity contribution in [1.82, 2.24) is 15.3 Å². The number of hydrogen-bond acceptors (Lipinski definition) is 4. The normalized spacial score (nSPS) is 19.1. The minimum Gasteiger partial charge on any atom is -0.345 e. The molecule has 1 N–H and O–H groups in total. The summed E-state index contributed by atoms with van der Waals surface area (Å²) in [7, 11) is 0. The van der Waals surface area contributed by atoms with Gasteiger partial charge in [0.05, 0.1) is 0 Å². The van der Waals surface area contributed by atoms with Crippen molar-refractivity contribution in [2.45, 2.75) is 12.8 Å². The van der Waals surface area contributed by atoms with Crippen LogP contribution in [-0.4, -0.2) is 35.5 Å². The van der Waals surface area contributed by atoms with E-state index in [9.17, 15) is 4.79 Å². The summed E-state index contributed by atoms with van der Waals surface area (Å²) in [6, 6.07) is 1.80. The molecular weight excluding hydrogens is 228 g/mol. The molecule has 1 atom stereocenters. The van der Waals surface area contributed by atoms with Gasteiger partial charge in [0, 0.05) is 32.0 Å². The number of rotatable bonds is 3. The van der Waals surface area contributed by atoms with Crippen molar-refractivity contribution in [1.29, 1.82) is 0 Å². The summed E-state index contributed by atoms with van der Waals surface area (Å²) in [6.45, 7) is 2.44. The highest BCUT2D eigenvalue weighted by Gasteiger charge is 2.21. The number of carbonyl (C=O) groups excluding carboxylic acids is 1. The maximum atomic E-state index is 11.0. The van der Waals surface area contributed by atoms with E-state index in [-0.39, 0.29) is 5.91 Å². The first kappa shape index (κ1) is 12.4. The van der Waals surface area contributed by atoms with E-state index in [4.69, 9.17) is 6.42 Å². The Labute approximate surface area is 107 Å². The number of piperidine rings is 1. The average molecular weight is 244 g/mol. The van der Waals surface area contributed by atoms with Crippen LogP contribution >= 0.6 is 0 Å². The minimum atomic E-state index is -0.344. The molecule has 1 aliphatic heterocycles. The van der Waals surface area contributed by atoms with Gasteiger partial charge in [0.2, 0.25) is 5.95 Å². The highest BCUT2D eigenvalue weighted by molar-refractivity contribution is 5.92. The largest absolute Gasteiger partial charge is 0.345 e. The number of nitrogens with zero attached hydrogens (tertiary/aromatic N) is 3. The Kier molecular flexibility index (Phi) is 4.13. The predicted molar refractivity (Wildman–Crippen MR) is 68.8 cm³/mol. The van der Waals surface area contributed by atoms with Crippen molar-refractivity contribution in [3.63, 3.8) is 0 Å². The summed E-state index contributed by atoms with van der Waals surface area (Å²) in [6.07, 6.45) is 10.7. The lowest BCUT2D eigenvalue weighted by Gasteiger charge is -2.32. The summed E-state index contributed by atoms with van der Waals surface area (Å²) < 4.78 is 0. The monoisotopic (exact) mass is 244 g/mol. The SMILES string of the molecule is C#CC(=O)NCC1CCCN(c2ncccn2)C1. The van der Waals surface area contributed by atoms with Crippen molar-refractivity contribution in [3.05, 3.63) is 18.5 Å². The Bertz CT molecular complexity index is 440. The zero-order chi connectivity index (χ0) is 12.8. The summed E-state index contributed by atoms with van der Waals surface area (Å²) in [4.78, 5) is 21.7. The molecule has 0 aliphatic carbocycles. The number of carbonyl (C=O) groups is 1. The molecule has 2 rings (SSSR count). The molecule has 1 aromatic rings.